The van der Waals surface area contributed by atoms with E-state index in [9.17, 15) is 29.7 Å². The van der Waals surface area contributed by atoms with Crippen molar-refractivity contribution in [2.24, 2.45) is 5.73 Å². The highest BCUT2D eigenvalue weighted by atomic mass is 16.7. The maximum Gasteiger partial charge on any atom is 0.381 e. The first-order chi connectivity index (χ1) is 20.5. The number of hydrogen-bond acceptors (Lipinski definition) is 11. The van der Waals surface area contributed by atoms with Gasteiger partial charge < -0.3 is 45.5 Å². The lowest BCUT2D eigenvalue weighted by molar-refractivity contribution is -0.194. The zero-order valence-corrected chi connectivity index (χ0v) is 23.9. The Hall–Kier alpha value is -3.97. The van der Waals surface area contributed by atoms with E-state index in [1.807, 2.05) is 43.4 Å². The summed E-state index contributed by atoms with van der Waals surface area (Å²) in [7, 11) is 1.96. The fourth-order valence-electron chi connectivity index (χ4n) is 7.20. The van der Waals surface area contributed by atoms with Crippen LogP contribution in [-0.2, 0) is 42.1 Å². The van der Waals surface area contributed by atoms with Crippen LogP contribution in [0.2, 0.25) is 0 Å². The molecule has 228 valence electrons. The minimum Gasteiger partial charge on any atom is -0.504 e. The summed E-state index contributed by atoms with van der Waals surface area (Å²) < 4.78 is 16.6. The van der Waals surface area contributed by atoms with E-state index in [2.05, 4.69) is 10.2 Å². The molecule has 2 aliphatic heterocycles. The number of amides is 1. The molecule has 1 spiro atoms. The first-order valence-electron chi connectivity index (χ1n) is 14.3. The van der Waals surface area contributed by atoms with Gasteiger partial charge in [0.15, 0.2) is 17.6 Å². The molecule has 4 aliphatic rings. The minimum atomic E-state index is -2.30. The number of benzene rings is 2. The largest absolute Gasteiger partial charge is 0.504 e. The molecule has 6 rings (SSSR count). The molecule has 1 amide bonds. The van der Waals surface area contributed by atoms with Crippen LogP contribution in [0.25, 0.3) is 0 Å². The minimum absolute atomic E-state index is 0.0461. The quantitative estimate of drug-likeness (QED) is 0.208. The number of aromatic hydroxyl groups is 1. The molecule has 0 aromatic heterocycles. The Bertz CT molecular complexity index is 1500. The highest BCUT2D eigenvalue weighted by Crippen LogP contribution is 2.65. The van der Waals surface area contributed by atoms with E-state index in [1.54, 1.807) is 12.1 Å². The Labute approximate surface area is 248 Å². The number of rotatable bonds is 8. The molecule has 1 saturated heterocycles. The van der Waals surface area contributed by atoms with E-state index in [0.29, 0.717) is 24.9 Å². The van der Waals surface area contributed by atoms with Gasteiger partial charge in [-0.2, -0.15) is 0 Å². The summed E-state index contributed by atoms with van der Waals surface area (Å²) in [6.07, 6.45) is -0.279. The summed E-state index contributed by atoms with van der Waals surface area (Å²) >= 11 is 0. The number of nitrogens with zero attached hydrogens (tertiary/aromatic N) is 1. The molecule has 0 unspecified atom stereocenters. The van der Waals surface area contributed by atoms with E-state index in [4.69, 9.17) is 19.9 Å². The van der Waals surface area contributed by atoms with Crippen LogP contribution in [0.1, 0.15) is 36.5 Å². The van der Waals surface area contributed by atoms with Crippen molar-refractivity contribution < 1.29 is 43.9 Å². The van der Waals surface area contributed by atoms with Crippen molar-refractivity contribution in [1.29, 1.82) is 0 Å². The maximum atomic E-state index is 12.9. The fourth-order valence-corrected chi connectivity index (χ4v) is 7.20. The standard InChI is InChI=1S/C31H35N3O9/c1-16(33-26(36)19(32)14-17-6-4-3-5-7-17)27(37)43-29(39)28(38)41-21-10-11-31(40)22-15-18-8-9-20(35)24-23(18)30(31,25(21)42-24)12-13-34(22)2/h3-10,16,19,22,25,29,35,39-40H,11-15,32H2,1-2H3,(H,33,36)/t16-,19-,22+,25-,29+,30-,31+/m0/s1. The van der Waals surface area contributed by atoms with Crippen LogP contribution >= 0.6 is 0 Å². The van der Waals surface area contributed by atoms with Gasteiger partial charge in [-0.15, -0.1) is 0 Å². The number of carbonyl (C=O) groups excluding carboxylic acids is 3. The van der Waals surface area contributed by atoms with Crippen LogP contribution in [0.15, 0.2) is 54.3 Å². The number of likely N-dealkylation sites (tertiary alicyclic amines) is 1. The number of carbonyl (C=O) groups is 3. The number of phenolic OH excluding ortho intramolecular Hbond substituents is 1. The van der Waals surface area contributed by atoms with E-state index < -0.39 is 53.3 Å². The first kappa shape index (κ1) is 29.1. The summed E-state index contributed by atoms with van der Waals surface area (Å²) in [5.74, 6) is -2.74. The van der Waals surface area contributed by atoms with E-state index in [1.165, 1.54) is 6.92 Å². The number of esters is 2. The van der Waals surface area contributed by atoms with Crippen molar-refractivity contribution in [3.05, 3.63) is 71.0 Å². The lowest BCUT2D eigenvalue weighted by Gasteiger charge is -2.61. The van der Waals surface area contributed by atoms with E-state index in [-0.39, 0.29) is 36.1 Å². The summed E-state index contributed by atoms with van der Waals surface area (Å²) in [4.78, 5) is 40.1. The van der Waals surface area contributed by atoms with Gasteiger partial charge in [0.1, 0.15) is 11.8 Å². The second kappa shape index (κ2) is 10.6. The van der Waals surface area contributed by atoms with Crippen LogP contribution in [0.4, 0.5) is 0 Å². The highest BCUT2D eigenvalue weighted by molar-refractivity contribution is 5.88. The number of nitrogens with two attached hydrogens (primary N) is 1. The molecule has 12 heteroatoms. The van der Waals surface area contributed by atoms with Gasteiger partial charge in [-0.3, -0.25) is 4.79 Å². The van der Waals surface area contributed by atoms with Crippen molar-refractivity contribution >= 4 is 17.8 Å². The predicted molar refractivity (Wildman–Crippen MR) is 151 cm³/mol. The van der Waals surface area contributed by atoms with Crippen molar-refractivity contribution in [2.75, 3.05) is 13.6 Å². The van der Waals surface area contributed by atoms with E-state index in [0.717, 1.165) is 11.1 Å². The van der Waals surface area contributed by atoms with E-state index >= 15 is 0 Å². The van der Waals surface area contributed by atoms with Crippen LogP contribution in [0.3, 0.4) is 0 Å². The third-order valence-corrected chi connectivity index (χ3v) is 9.35. The SMILES string of the molecule is C[C@H](NC(=O)[C@@H](N)Cc1ccccc1)C(=O)O[C@@H](O)C(=O)OC1=CC[C@@]2(O)[C@H]3Cc4ccc(O)c5c4[C@@]2(CCN3C)[C@H]1O5. The average molecular weight is 594 g/mol. The zero-order valence-electron chi connectivity index (χ0n) is 23.9. The molecule has 43 heavy (non-hydrogen) atoms. The van der Waals surface area contributed by atoms with Gasteiger partial charge in [-0.1, -0.05) is 36.4 Å². The molecule has 2 bridgehead atoms. The Kier molecular flexibility index (Phi) is 7.20. The Morgan fingerprint density at radius 3 is 2.67 bits per heavy atom. The van der Waals surface area contributed by atoms with Crippen molar-refractivity contribution in [3.8, 4) is 11.5 Å². The molecule has 12 nitrogen and oxygen atoms in total. The Balaban J connectivity index is 1.13. The van der Waals surface area contributed by atoms with Gasteiger partial charge in [0.25, 0.3) is 6.29 Å². The van der Waals surface area contributed by atoms with Gasteiger partial charge in [-0.05, 0) is 63.0 Å². The molecule has 1 fully saturated rings. The predicted octanol–water partition coefficient (Wildman–Crippen LogP) is 0.149. The number of hydrogen-bond donors (Lipinski definition) is 5. The van der Waals surface area contributed by atoms with Gasteiger partial charge in [-0.25, -0.2) is 9.59 Å². The molecule has 2 aromatic carbocycles. The summed E-state index contributed by atoms with van der Waals surface area (Å²) in [6.45, 7) is 1.98. The number of phenols is 1. The monoisotopic (exact) mass is 593 g/mol. The molecule has 0 saturated carbocycles. The summed E-state index contributed by atoms with van der Waals surface area (Å²) in [5, 5.41) is 35.6. The number of aliphatic hydroxyl groups is 2. The molecule has 2 aliphatic carbocycles. The van der Waals surface area contributed by atoms with Gasteiger partial charge in [0.05, 0.1) is 17.1 Å². The molecular formula is C31H35N3O9. The molecule has 2 heterocycles. The van der Waals surface area contributed by atoms with Crippen LogP contribution in [0, 0.1) is 0 Å². The lowest BCUT2D eigenvalue weighted by Crippen LogP contribution is -2.74. The topological polar surface area (TPSA) is 181 Å². The third-order valence-electron chi connectivity index (χ3n) is 9.35. The van der Waals surface area contributed by atoms with Crippen molar-refractivity contribution in [2.45, 2.75) is 74.1 Å². The number of nitrogens with one attached hydrogen (secondary N) is 1. The average Bonchev–Trinajstić information content (AvgIpc) is 3.34. The van der Waals surface area contributed by atoms with Gasteiger partial charge >= 0.3 is 11.9 Å². The number of ether oxygens (including phenoxy) is 3. The van der Waals surface area contributed by atoms with Crippen LogP contribution in [0.5, 0.6) is 11.5 Å². The molecule has 6 N–H and O–H groups in total. The van der Waals surface area contributed by atoms with Gasteiger partial charge in [0, 0.05) is 18.0 Å². The second-order valence-electron chi connectivity index (χ2n) is 11.8. The lowest BCUT2D eigenvalue weighted by atomic mass is 9.50. The van der Waals surface area contributed by atoms with Crippen molar-refractivity contribution in [1.82, 2.24) is 10.2 Å². The Morgan fingerprint density at radius 1 is 1.19 bits per heavy atom. The molecular weight excluding hydrogens is 558 g/mol. The number of likely N-dealkylation sites (N-methyl/N-ethyl adjacent to an activating group) is 1. The smallest absolute Gasteiger partial charge is 0.381 e. The zero-order chi connectivity index (χ0) is 30.7. The molecule has 7 atom stereocenters. The van der Waals surface area contributed by atoms with Crippen LogP contribution in [-0.4, -0.2) is 87.8 Å². The molecule has 2 aromatic rings. The molecule has 0 radical (unpaired) electrons. The Morgan fingerprint density at radius 2 is 1.93 bits per heavy atom. The second-order valence-corrected chi connectivity index (χ2v) is 11.8. The normalized spacial score (nSPS) is 28.8. The highest BCUT2D eigenvalue weighted by Gasteiger charge is 2.72. The summed E-state index contributed by atoms with van der Waals surface area (Å²) in [5.41, 5.74) is 6.22. The van der Waals surface area contributed by atoms with Gasteiger partial charge in [0.2, 0.25) is 5.91 Å². The summed E-state index contributed by atoms with van der Waals surface area (Å²) in [6, 6.07) is 10.1. The maximum absolute atomic E-state index is 12.9. The third kappa shape index (κ3) is 4.56. The van der Waals surface area contributed by atoms with Crippen LogP contribution < -0.4 is 15.8 Å². The first-order valence-corrected chi connectivity index (χ1v) is 14.3. The number of aliphatic hydroxyl groups excluding tert-OH is 1. The van der Waals surface area contributed by atoms with Crippen molar-refractivity contribution in [3.63, 3.8) is 0 Å². The fraction of sp³-hybridized carbons (Fsp3) is 0.452. The number of piperidine rings is 1.